The Morgan fingerprint density at radius 2 is 2.00 bits per heavy atom. The molecule has 1 N–H and O–H groups in total. The maximum Gasteiger partial charge on any atom is 0.410 e. The summed E-state index contributed by atoms with van der Waals surface area (Å²) in [6, 6.07) is 0.855. The summed E-state index contributed by atoms with van der Waals surface area (Å²) in [4.78, 5) is 13.9. The highest BCUT2D eigenvalue weighted by molar-refractivity contribution is 5.69. The van der Waals surface area contributed by atoms with Crippen LogP contribution in [0.25, 0.3) is 0 Å². The standard InChI is InChI=1S/C13H26N2O2/c1-10(2)14-8-9-15(11-6-7-11)12(16)17-13(3,4)5/h10-11,14H,6-9H2,1-5H3. The van der Waals surface area contributed by atoms with Gasteiger partial charge in [0.05, 0.1) is 0 Å². The molecule has 4 heteroatoms. The Balaban J connectivity index is 2.40. The molecule has 1 fully saturated rings. The quantitative estimate of drug-likeness (QED) is 0.805. The van der Waals surface area contributed by atoms with Crippen molar-refractivity contribution in [1.82, 2.24) is 10.2 Å². The van der Waals surface area contributed by atoms with Crippen LogP contribution in [0.1, 0.15) is 47.5 Å². The van der Waals surface area contributed by atoms with E-state index in [9.17, 15) is 4.79 Å². The summed E-state index contributed by atoms with van der Waals surface area (Å²) in [5, 5.41) is 3.33. The average Bonchev–Trinajstić information content (AvgIpc) is 2.91. The van der Waals surface area contributed by atoms with Crippen LogP contribution in [0.2, 0.25) is 0 Å². The highest BCUT2D eigenvalue weighted by Gasteiger charge is 2.34. The topological polar surface area (TPSA) is 41.6 Å². The average molecular weight is 242 g/mol. The molecule has 0 aromatic heterocycles. The minimum atomic E-state index is -0.407. The van der Waals surface area contributed by atoms with Crippen molar-refractivity contribution in [3.8, 4) is 0 Å². The summed E-state index contributed by atoms with van der Waals surface area (Å²) in [6.45, 7) is 11.5. The number of hydrogen-bond donors (Lipinski definition) is 1. The lowest BCUT2D eigenvalue weighted by atomic mass is 10.2. The SMILES string of the molecule is CC(C)NCCN(C(=O)OC(C)(C)C)C1CC1. The third kappa shape index (κ3) is 5.91. The first-order valence-electron chi connectivity index (χ1n) is 6.52. The van der Waals surface area contributed by atoms with Crippen molar-refractivity contribution in [3.63, 3.8) is 0 Å². The summed E-state index contributed by atoms with van der Waals surface area (Å²) in [5.41, 5.74) is -0.407. The van der Waals surface area contributed by atoms with E-state index in [1.54, 1.807) is 0 Å². The van der Waals surface area contributed by atoms with Crippen molar-refractivity contribution < 1.29 is 9.53 Å². The predicted octanol–water partition coefficient (Wildman–Crippen LogP) is 2.38. The summed E-state index contributed by atoms with van der Waals surface area (Å²) in [7, 11) is 0. The number of ether oxygens (including phenoxy) is 1. The number of carbonyl (C=O) groups excluding carboxylic acids is 1. The van der Waals surface area contributed by atoms with Crippen molar-refractivity contribution in [3.05, 3.63) is 0 Å². The van der Waals surface area contributed by atoms with E-state index in [4.69, 9.17) is 4.74 Å². The number of amides is 1. The van der Waals surface area contributed by atoms with E-state index in [0.717, 1.165) is 25.9 Å². The molecule has 0 aromatic carbocycles. The van der Waals surface area contributed by atoms with Crippen LogP contribution in [0.15, 0.2) is 0 Å². The van der Waals surface area contributed by atoms with Gasteiger partial charge in [0.25, 0.3) is 0 Å². The Labute approximate surface area is 105 Å². The second-order valence-corrected chi connectivity index (χ2v) is 6.01. The van der Waals surface area contributed by atoms with Gasteiger partial charge in [-0.3, -0.25) is 0 Å². The van der Waals surface area contributed by atoms with Gasteiger partial charge in [-0.2, -0.15) is 0 Å². The van der Waals surface area contributed by atoms with Crippen LogP contribution < -0.4 is 5.32 Å². The third-order valence-corrected chi connectivity index (χ3v) is 2.52. The molecule has 17 heavy (non-hydrogen) atoms. The van der Waals surface area contributed by atoms with Gasteiger partial charge < -0.3 is 15.0 Å². The zero-order chi connectivity index (χ0) is 13.1. The van der Waals surface area contributed by atoms with Crippen LogP contribution in [0.4, 0.5) is 4.79 Å². The lowest BCUT2D eigenvalue weighted by molar-refractivity contribution is 0.0235. The van der Waals surface area contributed by atoms with Crippen LogP contribution >= 0.6 is 0 Å². The molecule has 0 bridgehead atoms. The second kappa shape index (κ2) is 5.71. The first-order chi connectivity index (χ1) is 7.79. The highest BCUT2D eigenvalue weighted by Crippen LogP contribution is 2.27. The smallest absolute Gasteiger partial charge is 0.410 e. The third-order valence-electron chi connectivity index (χ3n) is 2.52. The van der Waals surface area contributed by atoms with Gasteiger partial charge in [-0.25, -0.2) is 4.79 Å². The van der Waals surface area contributed by atoms with E-state index < -0.39 is 5.60 Å². The normalized spacial score (nSPS) is 16.1. The molecule has 0 aliphatic heterocycles. The minimum Gasteiger partial charge on any atom is -0.444 e. The Morgan fingerprint density at radius 1 is 1.41 bits per heavy atom. The highest BCUT2D eigenvalue weighted by atomic mass is 16.6. The molecule has 1 saturated carbocycles. The maximum absolute atomic E-state index is 12.0. The molecular weight excluding hydrogens is 216 g/mol. The van der Waals surface area contributed by atoms with Crippen molar-refractivity contribution in [2.75, 3.05) is 13.1 Å². The Kier molecular flexibility index (Phi) is 4.80. The molecule has 0 unspecified atom stereocenters. The van der Waals surface area contributed by atoms with E-state index in [0.29, 0.717) is 12.1 Å². The molecule has 1 amide bonds. The van der Waals surface area contributed by atoms with Crippen LogP contribution in [0, 0.1) is 0 Å². The number of rotatable bonds is 5. The van der Waals surface area contributed by atoms with Gasteiger partial charge in [-0.05, 0) is 33.6 Å². The predicted molar refractivity (Wildman–Crippen MR) is 69.1 cm³/mol. The molecule has 1 rings (SSSR count). The summed E-state index contributed by atoms with van der Waals surface area (Å²) in [6.07, 6.45) is 2.05. The van der Waals surface area contributed by atoms with Gasteiger partial charge in [-0.1, -0.05) is 13.8 Å². The number of carbonyl (C=O) groups is 1. The Hall–Kier alpha value is -0.770. The van der Waals surface area contributed by atoms with Crippen molar-refractivity contribution in [1.29, 1.82) is 0 Å². The number of nitrogens with one attached hydrogen (secondary N) is 1. The lowest BCUT2D eigenvalue weighted by Gasteiger charge is -2.27. The Morgan fingerprint density at radius 3 is 2.41 bits per heavy atom. The zero-order valence-corrected chi connectivity index (χ0v) is 11.7. The lowest BCUT2D eigenvalue weighted by Crippen LogP contribution is -2.42. The van der Waals surface area contributed by atoms with E-state index in [2.05, 4.69) is 19.2 Å². The van der Waals surface area contributed by atoms with Crippen LogP contribution in [-0.4, -0.2) is 41.8 Å². The molecule has 1 aliphatic rings. The fourth-order valence-corrected chi connectivity index (χ4v) is 1.60. The zero-order valence-electron chi connectivity index (χ0n) is 11.7. The first-order valence-corrected chi connectivity index (χ1v) is 6.52. The molecule has 0 saturated heterocycles. The molecule has 0 radical (unpaired) electrons. The number of hydrogen-bond acceptors (Lipinski definition) is 3. The largest absolute Gasteiger partial charge is 0.444 e. The molecule has 0 spiro atoms. The van der Waals surface area contributed by atoms with E-state index in [1.807, 2.05) is 25.7 Å². The van der Waals surface area contributed by atoms with Gasteiger partial charge in [0, 0.05) is 25.2 Å². The molecule has 0 heterocycles. The molecule has 100 valence electrons. The molecule has 0 aromatic rings. The molecule has 1 aliphatic carbocycles. The minimum absolute atomic E-state index is 0.175. The van der Waals surface area contributed by atoms with E-state index >= 15 is 0 Å². The summed E-state index contributed by atoms with van der Waals surface area (Å²) >= 11 is 0. The monoisotopic (exact) mass is 242 g/mol. The van der Waals surface area contributed by atoms with Gasteiger partial charge in [0.1, 0.15) is 5.60 Å². The van der Waals surface area contributed by atoms with Gasteiger partial charge in [-0.15, -0.1) is 0 Å². The van der Waals surface area contributed by atoms with E-state index in [-0.39, 0.29) is 6.09 Å². The summed E-state index contributed by atoms with van der Waals surface area (Å²) in [5.74, 6) is 0. The van der Waals surface area contributed by atoms with Crippen LogP contribution in [-0.2, 0) is 4.74 Å². The fourth-order valence-electron chi connectivity index (χ4n) is 1.60. The van der Waals surface area contributed by atoms with Gasteiger partial charge in [0.2, 0.25) is 0 Å². The van der Waals surface area contributed by atoms with Crippen LogP contribution in [0.5, 0.6) is 0 Å². The molecule has 4 nitrogen and oxygen atoms in total. The fraction of sp³-hybridized carbons (Fsp3) is 0.923. The Bertz CT molecular complexity index is 255. The van der Waals surface area contributed by atoms with Crippen molar-refractivity contribution in [2.24, 2.45) is 0 Å². The van der Waals surface area contributed by atoms with Crippen molar-refractivity contribution >= 4 is 6.09 Å². The molecular formula is C13H26N2O2. The van der Waals surface area contributed by atoms with Crippen LogP contribution in [0.3, 0.4) is 0 Å². The van der Waals surface area contributed by atoms with Crippen molar-refractivity contribution in [2.45, 2.75) is 65.1 Å². The van der Waals surface area contributed by atoms with Gasteiger partial charge in [0.15, 0.2) is 0 Å². The molecule has 0 atom stereocenters. The first kappa shape index (κ1) is 14.3. The van der Waals surface area contributed by atoms with E-state index in [1.165, 1.54) is 0 Å². The maximum atomic E-state index is 12.0. The van der Waals surface area contributed by atoms with Gasteiger partial charge >= 0.3 is 6.09 Å². The number of nitrogens with zero attached hydrogens (tertiary/aromatic N) is 1. The summed E-state index contributed by atoms with van der Waals surface area (Å²) < 4.78 is 5.42. The second-order valence-electron chi connectivity index (χ2n) is 6.01.